The minimum Gasteiger partial charge on any atom is -0.495 e. The molecule has 0 radical (unpaired) electrons. The van der Waals surface area contributed by atoms with Crippen molar-refractivity contribution in [3.63, 3.8) is 0 Å². The van der Waals surface area contributed by atoms with Crippen molar-refractivity contribution in [3.8, 4) is 17.1 Å². The summed E-state index contributed by atoms with van der Waals surface area (Å²) >= 11 is 6.81. The second kappa shape index (κ2) is 5.65. The number of aryl methyl sites for hydroxylation is 1. The van der Waals surface area contributed by atoms with Gasteiger partial charge in [0, 0.05) is 10.8 Å². The number of nitrogens with zero attached hydrogens (tertiary/aromatic N) is 2. The van der Waals surface area contributed by atoms with Crippen LogP contribution >= 0.6 is 22.9 Å². The molecule has 0 spiro atoms. The molecule has 3 rings (SSSR count). The SMILES string of the molecule is COc1ccc2c(C)cc(-c3csc(C(F)(F)F)n3)nc2c1Cl. The van der Waals surface area contributed by atoms with Gasteiger partial charge in [-0.25, -0.2) is 9.97 Å². The molecule has 23 heavy (non-hydrogen) atoms. The zero-order chi connectivity index (χ0) is 16.8. The second-order valence-electron chi connectivity index (χ2n) is 4.84. The van der Waals surface area contributed by atoms with Gasteiger partial charge in [-0.15, -0.1) is 11.3 Å². The molecule has 0 bridgehead atoms. The molecular weight excluding hydrogens is 349 g/mol. The lowest BCUT2D eigenvalue weighted by Gasteiger charge is -2.09. The highest BCUT2D eigenvalue weighted by Crippen LogP contribution is 2.37. The van der Waals surface area contributed by atoms with Gasteiger partial charge in [-0.05, 0) is 30.7 Å². The number of benzene rings is 1. The van der Waals surface area contributed by atoms with Crippen LogP contribution in [0.25, 0.3) is 22.3 Å². The first-order valence-electron chi connectivity index (χ1n) is 6.48. The van der Waals surface area contributed by atoms with Crippen molar-refractivity contribution in [3.05, 3.63) is 39.2 Å². The molecule has 1 aromatic carbocycles. The van der Waals surface area contributed by atoms with Gasteiger partial charge in [-0.3, -0.25) is 0 Å². The Morgan fingerprint density at radius 1 is 1.17 bits per heavy atom. The van der Waals surface area contributed by atoms with E-state index in [2.05, 4.69) is 9.97 Å². The first kappa shape index (κ1) is 16.0. The lowest BCUT2D eigenvalue weighted by Crippen LogP contribution is -2.03. The number of methoxy groups -OCH3 is 1. The minimum atomic E-state index is -4.46. The smallest absolute Gasteiger partial charge is 0.443 e. The van der Waals surface area contributed by atoms with Crippen LogP contribution in [0.1, 0.15) is 10.6 Å². The zero-order valence-corrected chi connectivity index (χ0v) is 13.6. The third-order valence-corrected chi connectivity index (χ3v) is 4.57. The average molecular weight is 359 g/mol. The minimum absolute atomic E-state index is 0.172. The van der Waals surface area contributed by atoms with Gasteiger partial charge in [-0.1, -0.05) is 11.6 Å². The topological polar surface area (TPSA) is 35.0 Å². The summed E-state index contributed by atoms with van der Waals surface area (Å²) in [6.45, 7) is 1.84. The summed E-state index contributed by atoms with van der Waals surface area (Å²) in [4.78, 5) is 8.00. The Morgan fingerprint density at radius 2 is 1.91 bits per heavy atom. The van der Waals surface area contributed by atoms with Gasteiger partial charge >= 0.3 is 6.18 Å². The lowest BCUT2D eigenvalue weighted by molar-refractivity contribution is -0.137. The van der Waals surface area contributed by atoms with Crippen molar-refractivity contribution in [2.45, 2.75) is 13.1 Å². The van der Waals surface area contributed by atoms with E-state index < -0.39 is 11.2 Å². The van der Waals surface area contributed by atoms with Crippen LogP contribution in [0.2, 0.25) is 5.02 Å². The summed E-state index contributed by atoms with van der Waals surface area (Å²) in [5.74, 6) is 0.456. The highest BCUT2D eigenvalue weighted by atomic mass is 35.5. The Labute approximate surface area is 138 Å². The Balaban J connectivity index is 2.19. The van der Waals surface area contributed by atoms with E-state index in [0.717, 1.165) is 10.9 Å². The standard InChI is InChI=1S/C15H10ClF3N2OS/c1-7-5-9(10-6-23-14(21-10)15(17,18)19)20-13-8(7)3-4-11(22-2)12(13)16/h3-6H,1-2H3. The van der Waals surface area contributed by atoms with E-state index in [9.17, 15) is 13.2 Å². The molecule has 3 nitrogen and oxygen atoms in total. The number of fused-ring (bicyclic) bond motifs is 1. The molecule has 0 atom stereocenters. The van der Waals surface area contributed by atoms with E-state index in [1.54, 1.807) is 12.1 Å². The number of hydrogen-bond donors (Lipinski definition) is 0. The van der Waals surface area contributed by atoms with Crippen molar-refractivity contribution in [1.29, 1.82) is 0 Å². The molecule has 0 saturated carbocycles. The van der Waals surface area contributed by atoms with E-state index in [4.69, 9.17) is 16.3 Å². The first-order chi connectivity index (χ1) is 10.8. The predicted molar refractivity (Wildman–Crippen MR) is 84.2 cm³/mol. The molecule has 0 saturated heterocycles. The molecule has 3 aromatic rings. The molecule has 8 heteroatoms. The van der Waals surface area contributed by atoms with Crippen LogP contribution in [-0.2, 0) is 6.18 Å². The van der Waals surface area contributed by atoms with Gasteiger partial charge in [0.05, 0.1) is 18.3 Å². The Hall–Kier alpha value is -1.86. The summed E-state index contributed by atoms with van der Waals surface area (Å²) in [6, 6.07) is 5.23. The quantitative estimate of drug-likeness (QED) is 0.619. The largest absolute Gasteiger partial charge is 0.495 e. The highest BCUT2D eigenvalue weighted by Gasteiger charge is 2.34. The summed E-state index contributed by atoms with van der Waals surface area (Å²) in [7, 11) is 1.49. The fourth-order valence-electron chi connectivity index (χ4n) is 2.22. The number of rotatable bonds is 2. The maximum Gasteiger partial charge on any atom is 0.443 e. The average Bonchev–Trinajstić information content (AvgIpc) is 2.98. The van der Waals surface area contributed by atoms with Crippen LogP contribution in [0.3, 0.4) is 0 Å². The molecule has 2 heterocycles. The number of halogens is 4. The molecule has 2 aromatic heterocycles. The molecule has 0 unspecified atom stereocenters. The Kier molecular flexibility index (Phi) is 3.93. The van der Waals surface area contributed by atoms with Crippen LogP contribution in [-0.4, -0.2) is 17.1 Å². The van der Waals surface area contributed by atoms with E-state index in [-0.39, 0.29) is 5.69 Å². The van der Waals surface area contributed by atoms with Crippen molar-refractivity contribution in [2.75, 3.05) is 7.11 Å². The van der Waals surface area contributed by atoms with E-state index >= 15 is 0 Å². The van der Waals surface area contributed by atoms with Gasteiger partial charge in [0.2, 0.25) is 0 Å². The van der Waals surface area contributed by atoms with Gasteiger partial charge < -0.3 is 4.74 Å². The fourth-order valence-corrected chi connectivity index (χ4v) is 3.19. The fraction of sp³-hybridized carbons (Fsp3) is 0.200. The Morgan fingerprint density at radius 3 is 2.52 bits per heavy atom. The number of alkyl halides is 3. The zero-order valence-electron chi connectivity index (χ0n) is 12.0. The van der Waals surface area contributed by atoms with Crippen molar-refractivity contribution in [1.82, 2.24) is 9.97 Å². The summed E-state index contributed by atoms with van der Waals surface area (Å²) in [5, 5.41) is 1.57. The van der Waals surface area contributed by atoms with Gasteiger partial charge in [0.25, 0.3) is 0 Å². The van der Waals surface area contributed by atoms with E-state index in [1.165, 1.54) is 12.5 Å². The number of aromatic nitrogens is 2. The molecule has 120 valence electrons. The van der Waals surface area contributed by atoms with Gasteiger partial charge in [-0.2, -0.15) is 13.2 Å². The number of ether oxygens (including phenoxy) is 1. The summed E-state index contributed by atoms with van der Waals surface area (Å²) in [6.07, 6.45) is -4.46. The number of hydrogen-bond acceptors (Lipinski definition) is 4. The van der Waals surface area contributed by atoms with Gasteiger partial charge in [0.15, 0.2) is 5.01 Å². The van der Waals surface area contributed by atoms with Crippen molar-refractivity contribution >= 4 is 33.8 Å². The second-order valence-corrected chi connectivity index (χ2v) is 6.07. The van der Waals surface area contributed by atoms with Crippen LogP contribution < -0.4 is 4.74 Å². The van der Waals surface area contributed by atoms with Crippen LogP contribution in [0.4, 0.5) is 13.2 Å². The van der Waals surface area contributed by atoms with E-state index in [0.29, 0.717) is 33.3 Å². The van der Waals surface area contributed by atoms with Crippen LogP contribution in [0.5, 0.6) is 5.75 Å². The third-order valence-electron chi connectivity index (χ3n) is 3.32. The highest BCUT2D eigenvalue weighted by molar-refractivity contribution is 7.10. The maximum absolute atomic E-state index is 12.7. The first-order valence-corrected chi connectivity index (χ1v) is 7.74. The van der Waals surface area contributed by atoms with Crippen molar-refractivity contribution < 1.29 is 17.9 Å². The molecule has 0 amide bonds. The maximum atomic E-state index is 12.7. The molecular formula is C15H10ClF3N2OS. The Bertz CT molecular complexity index is 892. The van der Waals surface area contributed by atoms with Crippen LogP contribution in [0.15, 0.2) is 23.6 Å². The normalized spacial score (nSPS) is 11.9. The van der Waals surface area contributed by atoms with Gasteiger partial charge in [0.1, 0.15) is 16.5 Å². The summed E-state index contributed by atoms with van der Waals surface area (Å²) < 4.78 is 43.3. The number of pyridine rings is 1. The lowest BCUT2D eigenvalue weighted by atomic mass is 10.1. The summed E-state index contributed by atoms with van der Waals surface area (Å²) in [5.41, 5.74) is 1.84. The third kappa shape index (κ3) is 2.86. The number of thiazole rings is 1. The van der Waals surface area contributed by atoms with E-state index in [1.807, 2.05) is 13.0 Å². The molecule has 0 aliphatic carbocycles. The van der Waals surface area contributed by atoms with Crippen molar-refractivity contribution in [2.24, 2.45) is 0 Å². The monoisotopic (exact) mass is 358 g/mol. The van der Waals surface area contributed by atoms with Crippen LogP contribution in [0, 0.1) is 6.92 Å². The molecule has 0 fully saturated rings. The predicted octanol–water partition coefficient (Wildman–Crippen LogP) is 5.35. The molecule has 0 N–H and O–H groups in total. The molecule has 0 aliphatic rings. The molecule has 0 aliphatic heterocycles.